The van der Waals surface area contributed by atoms with Crippen LogP contribution in [0.3, 0.4) is 0 Å². The van der Waals surface area contributed by atoms with Crippen molar-refractivity contribution in [1.29, 1.82) is 0 Å². The molecule has 1 saturated heterocycles. The van der Waals surface area contributed by atoms with Crippen molar-refractivity contribution in [2.75, 3.05) is 26.4 Å². The summed E-state index contributed by atoms with van der Waals surface area (Å²) in [6.07, 6.45) is 4.79. The molecule has 0 aromatic rings. The predicted octanol–water partition coefficient (Wildman–Crippen LogP) is 4.28. The van der Waals surface area contributed by atoms with Crippen LogP contribution >= 0.6 is 0 Å². The van der Waals surface area contributed by atoms with E-state index >= 15 is 0 Å². The van der Waals surface area contributed by atoms with Crippen LogP contribution in [0.2, 0.25) is 0 Å². The lowest BCUT2D eigenvalue weighted by Crippen LogP contribution is -1.92. The molecule has 1 unspecified atom stereocenters. The van der Waals surface area contributed by atoms with Gasteiger partial charge >= 0.3 is 0 Å². The predicted molar refractivity (Wildman–Crippen MR) is 72.0 cm³/mol. The van der Waals surface area contributed by atoms with E-state index in [0.717, 1.165) is 45.2 Å². The summed E-state index contributed by atoms with van der Waals surface area (Å²) in [4.78, 5) is 0. The van der Waals surface area contributed by atoms with E-state index in [1.165, 1.54) is 12.8 Å². The number of hydrogen-bond acceptors (Lipinski definition) is 2. The summed E-state index contributed by atoms with van der Waals surface area (Å²) in [7, 11) is 0. The van der Waals surface area contributed by atoms with Crippen LogP contribution in [0.1, 0.15) is 60.3 Å². The maximum absolute atomic E-state index is 5.13. The summed E-state index contributed by atoms with van der Waals surface area (Å²) >= 11 is 0. The van der Waals surface area contributed by atoms with E-state index in [1.54, 1.807) is 0 Å². The Balaban J connectivity index is 0. The maximum Gasteiger partial charge on any atom is 0.0492 e. The number of rotatable bonds is 4. The van der Waals surface area contributed by atoms with Crippen molar-refractivity contribution >= 4 is 0 Å². The molecule has 0 aliphatic carbocycles. The van der Waals surface area contributed by atoms with Gasteiger partial charge in [-0.3, -0.25) is 0 Å². The zero-order valence-electron chi connectivity index (χ0n) is 12.1. The maximum atomic E-state index is 5.13. The Morgan fingerprint density at radius 2 is 1.56 bits per heavy atom. The van der Waals surface area contributed by atoms with E-state index < -0.39 is 0 Å². The molecule has 0 amide bonds. The SMILES string of the molecule is CC1CCOC1.CCC.CCCOCCC. The third-order valence-electron chi connectivity index (χ3n) is 1.85. The van der Waals surface area contributed by atoms with Crippen molar-refractivity contribution < 1.29 is 9.47 Å². The second-order valence-electron chi connectivity index (χ2n) is 4.29. The molecule has 2 nitrogen and oxygen atoms in total. The van der Waals surface area contributed by atoms with Gasteiger partial charge in [0.05, 0.1) is 0 Å². The van der Waals surface area contributed by atoms with E-state index in [0.29, 0.717) is 0 Å². The van der Waals surface area contributed by atoms with Crippen LogP contribution in [0, 0.1) is 5.92 Å². The fraction of sp³-hybridized carbons (Fsp3) is 1.00. The second kappa shape index (κ2) is 17.3. The summed E-state index contributed by atoms with van der Waals surface area (Å²) in [5.74, 6) is 0.824. The lowest BCUT2D eigenvalue weighted by atomic mass is 10.2. The molecule has 1 atom stereocenters. The molecular weight excluding hydrogens is 200 g/mol. The Bertz CT molecular complexity index is 94.9. The molecular formula is C14H32O2. The molecule has 0 aromatic carbocycles. The molecule has 1 rings (SSSR count). The van der Waals surface area contributed by atoms with Crippen molar-refractivity contribution in [2.24, 2.45) is 5.92 Å². The Morgan fingerprint density at radius 3 is 1.75 bits per heavy atom. The summed E-state index contributed by atoms with van der Waals surface area (Å²) in [5, 5.41) is 0. The quantitative estimate of drug-likeness (QED) is 0.673. The average molecular weight is 232 g/mol. The van der Waals surface area contributed by atoms with Gasteiger partial charge in [0.1, 0.15) is 0 Å². The third kappa shape index (κ3) is 19.5. The van der Waals surface area contributed by atoms with Crippen LogP contribution in [0.5, 0.6) is 0 Å². The van der Waals surface area contributed by atoms with E-state index in [1.807, 2.05) is 0 Å². The average Bonchev–Trinajstić information content (AvgIpc) is 2.72. The summed E-state index contributed by atoms with van der Waals surface area (Å²) < 4.78 is 10.2. The van der Waals surface area contributed by atoms with Gasteiger partial charge in [-0.2, -0.15) is 0 Å². The normalized spacial score (nSPS) is 18.2. The molecule has 0 spiro atoms. The van der Waals surface area contributed by atoms with E-state index in [4.69, 9.17) is 9.47 Å². The molecule has 100 valence electrons. The van der Waals surface area contributed by atoms with Crippen molar-refractivity contribution in [1.82, 2.24) is 0 Å². The molecule has 1 fully saturated rings. The van der Waals surface area contributed by atoms with Crippen molar-refractivity contribution in [3.8, 4) is 0 Å². The van der Waals surface area contributed by atoms with E-state index in [2.05, 4.69) is 34.6 Å². The zero-order chi connectivity index (χ0) is 12.6. The van der Waals surface area contributed by atoms with Gasteiger partial charge in [-0.15, -0.1) is 0 Å². The van der Waals surface area contributed by atoms with Gasteiger partial charge in [0.25, 0.3) is 0 Å². The van der Waals surface area contributed by atoms with Crippen LogP contribution in [0.15, 0.2) is 0 Å². The molecule has 2 heteroatoms. The fourth-order valence-corrected chi connectivity index (χ4v) is 1.04. The molecule has 0 saturated carbocycles. The first-order chi connectivity index (χ1) is 7.72. The minimum Gasteiger partial charge on any atom is -0.381 e. The molecule has 0 bridgehead atoms. The van der Waals surface area contributed by atoms with Crippen LogP contribution < -0.4 is 0 Å². The second-order valence-corrected chi connectivity index (χ2v) is 4.29. The van der Waals surface area contributed by atoms with Crippen LogP contribution in [0.25, 0.3) is 0 Å². The molecule has 1 aliphatic rings. The molecule has 0 radical (unpaired) electrons. The van der Waals surface area contributed by atoms with Crippen molar-refractivity contribution in [3.63, 3.8) is 0 Å². The fourth-order valence-electron chi connectivity index (χ4n) is 1.04. The summed E-state index contributed by atoms with van der Waals surface area (Å²) in [6.45, 7) is 14.5. The molecule has 0 N–H and O–H groups in total. The lowest BCUT2D eigenvalue weighted by molar-refractivity contribution is 0.135. The Kier molecular flexibility index (Phi) is 19.8. The number of ether oxygens (including phenoxy) is 2. The highest BCUT2D eigenvalue weighted by molar-refractivity contribution is 4.55. The van der Waals surface area contributed by atoms with Crippen LogP contribution in [-0.2, 0) is 9.47 Å². The van der Waals surface area contributed by atoms with Gasteiger partial charge in [0.2, 0.25) is 0 Å². The molecule has 1 aliphatic heterocycles. The van der Waals surface area contributed by atoms with Gasteiger partial charge in [-0.1, -0.05) is 41.0 Å². The highest BCUT2D eigenvalue weighted by Crippen LogP contribution is 2.09. The van der Waals surface area contributed by atoms with Gasteiger partial charge in [-0.05, 0) is 25.2 Å². The van der Waals surface area contributed by atoms with Gasteiger partial charge in [0.15, 0.2) is 0 Å². The third-order valence-corrected chi connectivity index (χ3v) is 1.85. The first kappa shape index (κ1) is 18.3. The first-order valence-electron chi connectivity index (χ1n) is 6.88. The van der Waals surface area contributed by atoms with E-state index in [9.17, 15) is 0 Å². The standard InChI is InChI=1S/C6H14O.C5H10O.C3H8/c1-3-5-7-6-4-2;1-5-2-3-6-4-5;1-3-2/h3-6H2,1-2H3;5H,2-4H2,1H3;3H2,1-2H3. The largest absolute Gasteiger partial charge is 0.381 e. The first-order valence-corrected chi connectivity index (χ1v) is 6.88. The molecule has 16 heavy (non-hydrogen) atoms. The minimum absolute atomic E-state index is 0.824. The van der Waals surface area contributed by atoms with Gasteiger partial charge < -0.3 is 9.47 Å². The molecule has 0 aromatic heterocycles. The smallest absolute Gasteiger partial charge is 0.0492 e. The minimum atomic E-state index is 0.824. The van der Waals surface area contributed by atoms with Crippen LogP contribution in [-0.4, -0.2) is 26.4 Å². The lowest BCUT2D eigenvalue weighted by Gasteiger charge is -1.95. The van der Waals surface area contributed by atoms with Crippen LogP contribution in [0.4, 0.5) is 0 Å². The highest BCUT2D eigenvalue weighted by Gasteiger charge is 2.07. The number of hydrogen-bond donors (Lipinski definition) is 0. The zero-order valence-corrected chi connectivity index (χ0v) is 12.1. The Morgan fingerprint density at radius 1 is 1.06 bits per heavy atom. The summed E-state index contributed by atoms with van der Waals surface area (Å²) in [6, 6.07) is 0. The summed E-state index contributed by atoms with van der Waals surface area (Å²) in [5.41, 5.74) is 0. The van der Waals surface area contributed by atoms with Gasteiger partial charge in [0, 0.05) is 26.4 Å². The van der Waals surface area contributed by atoms with Crippen molar-refractivity contribution in [3.05, 3.63) is 0 Å². The topological polar surface area (TPSA) is 18.5 Å². The monoisotopic (exact) mass is 232 g/mol. The molecule has 1 heterocycles. The van der Waals surface area contributed by atoms with Crippen molar-refractivity contribution in [2.45, 2.75) is 60.3 Å². The Labute approximate surface area is 103 Å². The van der Waals surface area contributed by atoms with E-state index in [-0.39, 0.29) is 0 Å². The highest BCUT2D eigenvalue weighted by atomic mass is 16.5. The van der Waals surface area contributed by atoms with Gasteiger partial charge in [-0.25, -0.2) is 0 Å². The Hall–Kier alpha value is -0.0800.